The normalized spacial score (nSPS) is 11.6. The molecule has 0 fully saturated rings. The summed E-state index contributed by atoms with van der Waals surface area (Å²) in [4.78, 5) is 7.71. The van der Waals surface area contributed by atoms with Gasteiger partial charge in [0.1, 0.15) is 0 Å². The van der Waals surface area contributed by atoms with Gasteiger partial charge in [-0.2, -0.15) is 4.99 Å². The molecule has 2 aromatic carbocycles. The van der Waals surface area contributed by atoms with Crippen LogP contribution in [0.5, 0.6) is 0 Å². The zero-order chi connectivity index (χ0) is 14.0. The summed E-state index contributed by atoms with van der Waals surface area (Å²) < 4.78 is 0. The van der Waals surface area contributed by atoms with Gasteiger partial charge in [0.2, 0.25) is 5.96 Å². The molecule has 0 aromatic heterocycles. The van der Waals surface area contributed by atoms with E-state index in [9.17, 15) is 0 Å². The van der Waals surface area contributed by atoms with Crippen LogP contribution in [0.25, 0.3) is 10.8 Å². The van der Waals surface area contributed by atoms with Gasteiger partial charge < -0.3 is 17.2 Å². The number of hydrogen-bond donors (Lipinski definition) is 3. The third-order valence-corrected chi connectivity index (χ3v) is 3.20. The highest BCUT2D eigenvalue weighted by Crippen LogP contribution is 2.32. The molecule has 0 heterocycles. The quantitative estimate of drug-likeness (QED) is 0.556. The monoisotopic (exact) mass is 295 g/mol. The summed E-state index contributed by atoms with van der Waals surface area (Å²) in [6.45, 7) is 0. The predicted molar refractivity (Wildman–Crippen MR) is 81.1 cm³/mol. The SMILES string of the molecule is NC(N)=NC(N)=Nc1ccc2c(Cl)c(Cl)ccc2c1. The predicted octanol–water partition coefficient (Wildman–Crippen LogP) is 2.37. The van der Waals surface area contributed by atoms with Crippen LogP contribution in [-0.2, 0) is 0 Å². The van der Waals surface area contributed by atoms with Crippen molar-refractivity contribution in [2.45, 2.75) is 0 Å². The first-order chi connectivity index (χ1) is 8.97. The van der Waals surface area contributed by atoms with Gasteiger partial charge in [-0.3, -0.25) is 0 Å². The minimum atomic E-state index is -0.142. The number of halogens is 2. The van der Waals surface area contributed by atoms with Crippen molar-refractivity contribution >= 4 is 51.6 Å². The molecular formula is C12H11Cl2N5. The zero-order valence-electron chi connectivity index (χ0n) is 9.77. The Morgan fingerprint density at radius 1 is 1.00 bits per heavy atom. The van der Waals surface area contributed by atoms with E-state index in [0.717, 1.165) is 10.8 Å². The van der Waals surface area contributed by atoms with Crippen LogP contribution < -0.4 is 17.2 Å². The second kappa shape index (κ2) is 5.34. The van der Waals surface area contributed by atoms with Crippen molar-refractivity contribution in [2.24, 2.45) is 27.2 Å². The molecule has 7 heteroatoms. The average molecular weight is 296 g/mol. The summed E-state index contributed by atoms with van der Waals surface area (Å²) in [5.74, 6) is -0.156. The van der Waals surface area contributed by atoms with Gasteiger partial charge in [-0.15, -0.1) is 0 Å². The summed E-state index contributed by atoms with van der Waals surface area (Å²) in [6.07, 6.45) is 0. The molecule has 5 nitrogen and oxygen atoms in total. The lowest BCUT2D eigenvalue weighted by molar-refractivity contribution is 1.39. The molecular weight excluding hydrogens is 285 g/mol. The Morgan fingerprint density at radius 3 is 2.42 bits per heavy atom. The van der Waals surface area contributed by atoms with E-state index < -0.39 is 0 Å². The molecule has 0 saturated heterocycles. The molecule has 0 amide bonds. The van der Waals surface area contributed by atoms with E-state index in [-0.39, 0.29) is 11.9 Å². The molecule has 0 aliphatic rings. The van der Waals surface area contributed by atoms with Crippen LogP contribution in [-0.4, -0.2) is 11.9 Å². The first kappa shape index (κ1) is 13.5. The van der Waals surface area contributed by atoms with Gasteiger partial charge in [-0.25, -0.2) is 4.99 Å². The number of guanidine groups is 2. The van der Waals surface area contributed by atoms with Crippen molar-refractivity contribution in [3.8, 4) is 0 Å². The summed E-state index contributed by atoms with van der Waals surface area (Å²) in [5, 5.41) is 2.75. The highest BCUT2D eigenvalue weighted by Gasteiger charge is 2.04. The van der Waals surface area contributed by atoms with E-state index in [0.29, 0.717) is 15.7 Å². The fraction of sp³-hybridized carbons (Fsp3) is 0. The largest absolute Gasteiger partial charge is 0.370 e. The first-order valence-electron chi connectivity index (χ1n) is 5.29. The number of fused-ring (bicyclic) bond motifs is 1. The maximum absolute atomic E-state index is 6.11. The summed E-state index contributed by atoms with van der Waals surface area (Å²) in [6, 6.07) is 8.94. The van der Waals surface area contributed by atoms with Crippen molar-refractivity contribution < 1.29 is 0 Å². The Hall–Kier alpha value is -1.98. The summed E-state index contributed by atoms with van der Waals surface area (Å²) in [7, 11) is 0. The van der Waals surface area contributed by atoms with Gasteiger partial charge in [-0.1, -0.05) is 35.3 Å². The lowest BCUT2D eigenvalue weighted by atomic mass is 10.1. The van der Waals surface area contributed by atoms with Crippen molar-refractivity contribution in [3.63, 3.8) is 0 Å². The molecule has 6 N–H and O–H groups in total. The molecule has 0 radical (unpaired) electrons. The van der Waals surface area contributed by atoms with E-state index in [1.165, 1.54) is 0 Å². The van der Waals surface area contributed by atoms with E-state index in [1.54, 1.807) is 12.1 Å². The number of nitrogens with zero attached hydrogens (tertiary/aromatic N) is 2. The lowest BCUT2D eigenvalue weighted by Crippen LogP contribution is -2.26. The molecule has 0 aliphatic heterocycles. The molecule has 0 bridgehead atoms. The van der Waals surface area contributed by atoms with E-state index in [1.807, 2.05) is 18.2 Å². The van der Waals surface area contributed by atoms with Gasteiger partial charge in [-0.05, 0) is 23.6 Å². The van der Waals surface area contributed by atoms with Crippen LogP contribution in [0.3, 0.4) is 0 Å². The van der Waals surface area contributed by atoms with E-state index >= 15 is 0 Å². The second-order valence-corrected chi connectivity index (χ2v) is 4.56. The van der Waals surface area contributed by atoms with Crippen LogP contribution in [0.4, 0.5) is 5.69 Å². The first-order valence-corrected chi connectivity index (χ1v) is 6.04. The van der Waals surface area contributed by atoms with Gasteiger partial charge in [0.25, 0.3) is 0 Å². The Labute approximate surface area is 119 Å². The maximum atomic E-state index is 6.11. The molecule has 0 saturated carbocycles. The highest BCUT2D eigenvalue weighted by atomic mass is 35.5. The number of hydrogen-bond acceptors (Lipinski definition) is 1. The van der Waals surface area contributed by atoms with E-state index in [4.69, 9.17) is 40.4 Å². The fourth-order valence-corrected chi connectivity index (χ4v) is 2.01. The molecule has 98 valence electrons. The smallest absolute Gasteiger partial charge is 0.223 e. The maximum Gasteiger partial charge on any atom is 0.223 e. The summed E-state index contributed by atoms with van der Waals surface area (Å²) >= 11 is 12.0. The number of benzene rings is 2. The minimum Gasteiger partial charge on any atom is -0.370 e. The van der Waals surface area contributed by atoms with Crippen molar-refractivity contribution in [1.82, 2.24) is 0 Å². The Bertz CT molecular complexity index is 690. The number of aliphatic imine (C=N–C) groups is 2. The second-order valence-electron chi connectivity index (χ2n) is 3.77. The van der Waals surface area contributed by atoms with Gasteiger partial charge in [0, 0.05) is 5.39 Å². The van der Waals surface area contributed by atoms with Crippen molar-refractivity contribution in [2.75, 3.05) is 0 Å². The van der Waals surface area contributed by atoms with Crippen LogP contribution in [0.1, 0.15) is 0 Å². The Balaban J connectivity index is 2.49. The molecule has 19 heavy (non-hydrogen) atoms. The Morgan fingerprint density at radius 2 is 1.74 bits per heavy atom. The van der Waals surface area contributed by atoms with Crippen molar-refractivity contribution in [1.29, 1.82) is 0 Å². The van der Waals surface area contributed by atoms with Crippen LogP contribution in [0.2, 0.25) is 10.0 Å². The highest BCUT2D eigenvalue weighted by molar-refractivity contribution is 6.45. The topological polar surface area (TPSA) is 103 Å². The molecule has 0 unspecified atom stereocenters. The third kappa shape index (κ3) is 3.07. The standard InChI is InChI=1S/C12H11Cl2N5/c13-9-4-1-6-5-7(2-3-8(6)10(9)14)18-12(17)19-11(15)16/h1-5H,(H6,15,16,17,18,19). The van der Waals surface area contributed by atoms with Crippen molar-refractivity contribution in [3.05, 3.63) is 40.4 Å². The molecule has 2 rings (SSSR count). The zero-order valence-corrected chi connectivity index (χ0v) is 11.3. The van der Waals surface area contributed by atoms with Crippen LogP contribution in [0, 0.1) is 0 Å². The molecule has 0 atom stereocenters. The van der Waals surface area contributed by atoms with Crippen LogP contribution >= 0.6 is 23.2 Å². The molecule has 0 aliphatic carbocycles. The van der Waals surface area contributed by atoms with E-state index in [2.05, 4.69) is 9.98 Å². The Kier molecular flexibility index (Phi) is 3.78. The van der Waals surface area contributed by atoms with Crippen LogP contribution in [0.15, 0.2) is 40.3 Å². The number of rotatable bonds is 1. The van der Waals surface area contributed by atoms with Gasteiger partial charge >= 0.3 is 0 Å². The number of nitrogens with two attached hydrogens (primary N) is 3. The fourth-order valence-electron chi connectivity index (χ4n) is 1.61. The third-order valence-electron chi connectivity index (χ3n) is 2.38. The molecule has 2 aromatic rings. The average Bonchev–Trinajstić information content (AvgIpc) is 2.33. The van der Waals surface area contributed by atoms with Gasteiger partial charge in [0.15, 0.2) is 5.96 Å². The lowest BCUT2D eigenvalue weighted by Gasteiger charge is -2.03. The summed E-state index contributed by atoms with van der Waals surface area (Å²) in [5.41, 5.74) is 16.6. The minimum absolute atomic E-state index is 0.0144. The molecule has 0 spiro atoms. The van der Waals surface area contributed by atoms with Gasteiger partial charge in [0.05, 0.1) is 15.7 Å².